The van der Waals surface area contributed by atoms with Crippen LogP contribution in [0.15, 0.2) is 53.6 Å². The largest absolute Gasteiger partial charge is 0.489 e. The highest BCUT2D eigenvalue weighted by Gasteiger charge is 2.09. The summed E-state index contributed by atoms with van der Waals surface area (Å²) >= 11 is 6.18. The van der Waals surface area contributed by atoms with E-state index in [0.717, 1.165) is 0 Å². The number of aryl methyl sites for hydroxylation is 1. The summed E-state index contributed by atoms with van der Waals surface area (Å²) < 4.78 is 7.01. The molecule has 0 spiro atoms. The highest BCUT2D eigenvalue weighted by Crippen LogP contribution is 2.28. The predicted octanol–water partition coefficient (Wildman–Crippen LogP) is 3.87. The average Bonchev–Trinajstić information content (AvgIpc) is 2.63. The Morgan fingerprint density at radius 1 is 1.26 bits per heavy atom. The standard InChI is InChI=1S/C20H20ClN3O3/c1-13(2)27-18-8-7-14(11-16(18)21)23-19(25)9-10-24-12-22-17-6-4-3-5-15(17)20(24)26/h3-8,11-13H,9-10H2,1-2H3,(H,23,25). The van der Waals surface area contributed by atoms with Crippen LogP contribution in [0.3, 0.4) is 0 Å². The van der Waals surface area contributed by atoms with Crippen LogP contribution in [0.1, 0.15) is 20.3 Å². The number of para-hydroxylation sites is 1. The van der Waals surface area contributed by atoms with Crippen molar-refractivity contribution in [1.29, 1.82) is 0 Å². The first-order valence-corrected chi connectivity index (χ1v) is 9.02. The summed E-state index contributed by atoms with van der Waals surface area (Å²) in [5, 5.41) is 3.74. The van der Waals surface area contributed by atoms with E-state index >= 15 is 0 Å². The zero-order valence-electron chi connectivity index (χ0n) is 15.1. The third kappa shape index (κ3) is 4.65. The quantitative estimate of drug-likeness (QED) is 0.699. The molecule has 1 N–H and O–H groups in total. The lowest BCUT2D eigenvalue weighted by atomic mass is 10.2. The van der Waals surface area contributed by atoms with E-state index in [0.29, 0.717) is 27.4 Å². The van der Waals surface area contributed by atoms with E-state index in [2.05, 4.69) is 10.3 Å². The van der Waals surface area contributed by atoms with Crippen molar-refractivity contribution in [3.63, 3.8) is 0 Å². The summed E-state index contributed by atoms with van der Waals surface area (Å²) in [6.45, 7) is 4.07. The van der Waals surface area contributed by atoms with Crippen molar-refractivity contribution >= 4 is 34.1 Å². The van der Waals surface area contributed by atoms with Crippen molar-refractivity contribution in [1.82, 2.24) is 9.55 Å². The van der Waals surface area contributed by atoms with Gasteiger partial charge in [0.2, 0.25) is 5.91 Å². The molecule has 0 unspecified atom stereocenters. The number of anilines is 1. The molecule has 1 amide bonds. The zero-order valence-corrected chi connectivity index (χ0v) is 15.9. The highest BCUT2D eigenvalue weighted by molar-refractivity contribution is 6.32. The Morgan fingerprint density at radius 2 is 2.04 bits per heavy atom. The second-order valence-corrected chi connectivity index (χ2v) is 6.78. The van der Waals surface area contributed by atoms with Gasteiger partial charge in [-0.15, -0.1) is 0 Å². The Balaban J connectivity index is 1.64. The van der Waals surface area contributed by atoms with Crippen LogP contribution in [-0.2, 0) is 11.3 Å². The van der Waals surface area contributed by atoms with Gasteiger partial charge in [-0.25, -0.2) is 4.98 Å². The van der Waals surface area contributed by atoms with Crippen LogP contribution in [0.4, 0.5) is 5.69 Å². The van der Waals surface area contributed by atoms with Gasteiger partial charge < -0.3 is 10.1 Å². The Bertz CT molecular complexity index is 1030. The Labute approximate surface area is 161 Å². The molecule has 6 nitrogen and oxygen atoms in total. The minimum absolute atomic E-state index is 0.0109. The van der Waals surface area contributed by atoms with Crippen LogP contribution in [0.5, 0.6) is 5.75 Å². The van der Waals surface area contributed by atoms with Gasteiger partial charge in [0.1, 0.15) is 5.75 Å². The molecule has 0 aliphatic carbocycles. The lowest BCUT2D eigenvalue weighted by Gasteiger charge is -2.13. The molecule has 0 bridgehead atoms. The number of benzene rings is 2. The Morgan fingerprint density at radius 3 is 2.78 bits per heavy atom. The molecule has 0 atom stereocenters. The summed E-state index contributed by atoms with van der Waals surface area (Å²) in [4.78, 5) is 28.9. The van der Waals surface area contributed by atoms with Crippen LogP contribution in [0, 0.1) is 0 Å². The number of aromatic nitrogens is 2. The maximum atomic E-state index is 12.4. The van der Waals surface area contributed by atoms with Crippen molar-refractivity contribution in [2.75, 3.05) is 5.32 Å². The molecular weight excluding hydrogens is 366 g/mol. The van der Waals surface area contributed by atoms with Crippen LogP contribution in [-0.4, -0.2) is 21.6 Å². The van der Waals surface area contributed by atoms with E-state index in [1.165, 1.54) is 10.9 Å². The zero-order chi connectivity index (χ0) is 19.4. The lowest BCUT2D eigenvalue weighted by Crippen LogP contribution is -2.23. The average molecular weight is 386 g/mol. The van der Waals surface area contributed by atoms with Crippen molar-refractivity contribution in [2.24, 2.45) is 0 Å². The summed E-state index contributed by atoms with van der Waals surface area (Å²) in [5.74, 6) is 0.349. The molecule has 2 aromatic carbocycles. The molecule has 0 fully saturated rings. The van der Waals surface area contributed by atoms with Crippen molar-refractivity contribution in [3.05, 3.63) is 64.2 Å². The molecule has 0 saturated carbocycles. The van der Waals surface area contributed by atoms with Gasteiger partial charge in [-0.2, -0.15) is 0 Å². The van der Waals surface area contributed by atoms with Crippen LogP contribution >= 0.6 is 11.6 Å². The number of carbonyl (C=O) groups excluding carboxylic acids is 1. The van der Waals surface area contributed by atoms with Crippen LogP contribution in [0.2, 0.25) is 5.02 Å². The van der Waals surface area contributed by atoms with Crippen LogP contribution < -0.4 is 15.6 Å². The van der Waals surface area contributed by atoms with Crippen molar-refractivity contribution in [2.45, 2.75) is 32.9 Å². The number of fused-ring (bicyclic) bond motifs is 1. The lowest BCUT2D eigenvalue weighted by molar-refractivity contribution is -0.116. The highest BCUT2D eigenvalue weighted by atomic mass is 35.5. The molecule has 7 heteroatoms. The van der Waals surface area contributed by atoms with Gasteiger partial charge in [-0.1, -0.05) is 23.7 Å². The predicted molar refractivity (Wildman–Crippen MR) is 106 cm³/mol. The number of amides is 1. The molecule has 1 heterocycles. The van der Waals surface area contributed by atoms with E-state index in [-0.39, 0.29) is 30.5 Å². The van der Waals surface area contributed by atoms with Gasteiger partial charge >= 0.3 is 0 Å². The van der Waals surface area contributed by atoms with E-state index in [1.54, 1.807) is 36.4 Å². The third-order valence-corrected chi connectivity index (χ3v) is 4.18. The first-order chi connectivity index (χ1) is 12.9. The number of ether oxygens (including phenoxy) is 1. The summed E-state index contributed by atoms with van der Waals surface area (Å²) in [5.41, 5.74) is 1.05. The summed E-state index contributed by atoms with van der Waals surface area (Å²) in [6.07, 6.45) is 1.62. The van der Waals surface area contributed by atoms with E-state index in [9.17, 15) is 9.59 Å². The third-order valence-electron chi connectivity index (χ3n) is 3.89. The van der Waals surface area contributed by atoms with Gasteiger partial charge in [0, 0.05) is 18.7 Å². The van der Waals surface area contributed by atoms with Gasteiger partial charge in [0.15, 0.2) is 0 Å². The molecule has 0 radical (unpaired) electrons. The Hall–Kier alpha value is -2.86. The molecule has 27 heavy (non-hydrogen) atoms. The smallest absolute Gasteiger partial charge is 0.261 e. The van der Waals surface area contributed by atoms with Gasteiger partial charge in [-0.05, 0) is 44.2 Å². The fraction of sp³-hybridized carbons (Fsp3) is 0.250. The normalized spacial score (nSPS) is 11.0. The van der Waals surface area contributed by atoms with Gasteiger partial charge in [-0.3, -0.25) is 14.2 Å². The molecule has 140 valence electrons. The number of rotatable bonds is 6. The number of hydrogen-bond donors (Lipinski definition) is 1. The molecule has 0 saturated heterocycles. The number of nitrogens with one attached hydrogen (secondary N) is 1. The fourth-order valence-electron chi connectivity index (χ4n) is 2.64. The van der Waals surface area contributed by atoms with E-state index < -0.39 is 0 Å². The number of halogens is 1. The maximum absolute atomic E-state index is 12.4. The second-order valence-electron chi connectivity index (χ2n) is 6.37. The topological polar surface area (TPSA) is 73.2 Å². The Kier molecular flexibility index (Phi) is 5.76. The molecule has 1 aromatic heterocycles. The molecule has 3 aromatic rings. The molecule has 3 rings (SSSR count). The number of hydrogen-bond acceptors (Lipinski definition) is 4. The van der Waals surface area contributed by atoms with Crippen molar-refractivity contribution < 1.29 is 9.53 Å². The molecule has 0 aliphatic heterocycles. The first-order valence-electron chi connectivity index (χ1n) is 8.64. The second kappa shape index (κ2) is 8.22. The van der Waals surface area contributed by atoms with E-state index in [1.807, 2.05) is 19.9 Å². The minimum Gasteiger partial charge on any atom is -0.489 e. The monoisotopic (exact) mass is 385 g/mol. The summed E-state index contributed by atoms with van der Waals surface area (Å²) in [7, 11) is 0. The van der Waals surface area contributed by atoms with Gasteiger partial charge in [0.05, 0.1) is 28.4 Å². The minimum atomic E-state index is -0.219. The number of nitrogens with zero attached hydrogens (tertiary/aromatic N) is 2. The van der Waals surface area contributed by atoms with Crippen LogP contribution in [0.25, 0.3) is 10.9 Å². The SMILES string of the molecule is CC(C)Oc1ccc(NC(=O)CCn2cnc3ccccc3c2=O)cc1Cl. The maximum Gasteiger partial charge on any atom is 0.261 e. The first kappa shape index (κ1) is 18.9. The van der Waals surface area contributed by atoms with Gasteiger partial charge in [0.25, 0.3) is 5.56 Å². The van der Waals surface area contributed by atoms with Crippen molar-refractivity contribution in [3.8, 4) is 5.75 Å². The van der Waals surface area contributed by atoms with E-state index in [4.69, 9.17) is 16.3 Å². The molecule has 0 aliphatic rings. The number of carbonyl (C=O) groups is 1. The summed E-state index contributed by atoms with van der Waals surface area (Å²) in [6, 6.07) is 12.2. The molecular formula is C20H20ClN3O3. The fourth-order valence-corrected chi connectivity index (χ4v) is 2.86.